The molecular weight excluding hydrogens is 571 g/mol. The minimum atomic E-state index is -3.84. The molecule has 210 valence electrons. The Morgan fingerprint density at radius 2 is 1.82 bits per heavy atom. The summed E-state index contributed by atoms with van der Waals surface area (Å²) in [6.45, 7) is 5.56. The number of aromatic amines is 1. The van der Waals surface area contributed by atoms with Crippen molar-refractivity contribution in [3.8, 4) is 0 Å². The minimum Gasteiger partial charge on any atom is -0.358 e. The molecule has 5 rings (SSSR count). The first-order chi connectivity index (χ1) is 19.1. The Morgan fingerprint density at radius 1 is 1.10 bits per heavy atom. The van der Waals surface area contributed by atoms with Gasteiger partial charge in [0.25, 0.3) is 11.8 Å². The zero-order chi connectivity index (χ0) is 28.4. The number of nitrogens with one attached hydrogen (secondary N) is 3. The van der Waals surface area contributed by atoms with Crippen molar-refractivity contribution in [3.63, 3.8) is 0 Å². The average Bonchev–Trinajstić information content (AvgIpc) is 3.63. The van der Waals surface area contributed by atoms with Gasteiger partial charge in [-0.3, -0.25) is 9.59 Å². The summed E-state index contributed by atoms with van der Waals surface area (Å²) >= 11 is 12.4. The second-order valence-corrected chi connectivity index (χ2v) is 12.9. The van der Waals surface area contributed by atoms with E-state index in [1.165, 1.54) is 25.0 Å². The summed E-state index contributed by atoms with van der Waals surface area (Å²) in [7, 11) is -3.84. The van der Waals surface area contributed by atoms with Gasteiger partial charge in [-0.1, -0.05) is 29.3 Å². The summed E-state index contributed by atoms with van der Waals surface area (Å²) in [5.74, 6) is -1.00. The van der Waals surface area contributed by atoms with Crippen LogP contribution in [-0.2, 0) is 20.4 Å². The molecule has 2 amide bonds. The largest absolute Gasteiger partial charge is 0.358 e. The molecule has 40 heavy (non-hydrogen) atoms. The summed E-state index contributed by atoms with van der Waals surface area (Å²) in [6.07, 6.45) is 4.91. The summed E-state index contributed by atoms with van der Waals surface area (Å²) < 4.78 is 26.6. The fourth-order valence-corrected chi connectivity index (χ4v) is 7.23. The Morgan fingerprint density at radius 3 is 2.55 bits per heavy atom. The smallest absolute Gasteiger partial charge is 0.256 e. The van der Waals surface area contributed by atoms with Gasteiger partial charge in [-0.25, -0.2) is 8.42 Å². The van der Waals surface area contributed by atoms with E-state index >= 15 is 0 Å². The first-order valence-electron chi connectivity index (χ1n) is 13.2. The van der Waals surface area contributed by atoms with Crippen LogP contribution in [0.25, 0.3) is 11.6 Å². The van der Waals surface area contributed by atoms with Gasteiger partial charge in [0.05, 0.1) is 27.5 Å². The Kier molecular flexibility index (Phi) is 8.37. The number of amides is 2. The van der Waals surface area contributed by atoms with Crippen molar-refractivity contribution in [1.82, 2.24) is 15.2 Å². The molecular formula is C29H30Cl2N4O4S. The van der Waals surface area contributed by atoms with E-state index in [1.807, 2.05) is 6.92 Å². The molecule has 2 aliphatic rings. The molecule has 11 heteroatoms. The fraction of sp³-hybridized carbons (Fsp3) is 0.310. The van der Waals surface area contributed by atoms with Crippen molar-refractivity contribution in [2.45, 2.75) is 36.8 Å². The van der Waals surface area contributed by atoms with Gasteiger partial charge in [-0.15, -0.1) is 0 Å². The maximum Gasteiger partial charge on any atom is 0.256 e. The van der Waals surface area contributed by atoms with Gasteiger partial charge in [0.15, 0.2) is 9.84 Å². The van der Waals surface area contributed by atoms with Crippen LogP contribution in [-0.4, -0.2) is 56.3 Å². The third kappa shape index (κ3) is 6.12. The summed E-state index contributed by atoms with van der Waals surface area (Å²) in [6, 6.07) is 11.0. The molecule has 0 aliphatic carbocycles. The van der Waals surface area contributed by atoms with E-state index in [0.29, 0.717) is 34.6 Å². The highest BCUT2D eigenvalue weighted by Gasteiger charge is 2.28. The first-order valence-corrected chi connectivity index (χ1v) is 15.6. The number of benzene rings is 2. The van der Waals surface area contributed by atoms with Crippen molar-refractivity contribution >= 4 is 62.2 Å². The normalized spacial score (nSPS) is 16.4. The summed E-state index contributed by atoms with van der Waals surface area (Å²) in [5.41, 5.74) is 3.15. The SMILES string of the molecule is Cc1cc(C(=O)NCCCN2CCCC2)c(C=C2C(=O)Nc3ccc(S(=O)(=O)Cc4c(Cl)cccc4Cl)cc32)[nH]1. The van der Waals surface area contributed by atoms with Gasteiger partial charge in [0.1, 0.15) is 0 Å². The van der Waals surface area contributed by atoms with Crippen molar-refractivity contribution < 1.29 is 18.0 Å². The van der Waals surface area contributed by atoms with Crippen LogP contribution < -0.4 is 10.6 Å². The number of hydrogen-bond acceptors (Lipinski definition) is 5. The molecule has 2 aromatic carbocycles. The van der Waals surface area contributed by atoms with Gasteiger partial charge in [-0.05, 0) is 88.3 Å². The maximum absolute atomic E-state index is 13.3. The fourth-order valence-electron chi connectivity index (χ4n) is 5.11. The van der Waals surface area contributed by atoms with E-state index in [0.717, 1.165) is 31.7 Å². The highest BCUT2D eigenvalue weighted by atomic mass is 35.5. The second-order valence-electron chi connectivity index (χ2n) is 10.1. The lowest BCUT2D eigenvalue weighted by Gasteiger charge is -2.14. The Bertz CT molecular complexity index is 1590. The van der Waals surface area contributed by atoms with Crippen molar-refractivity contribution in [2.75, 3.05) is 31.5 Å². The zero-order valence-electron chi connectivity index (χ0n) is 22.0. The van der Waals surface area contributed by atoms with Crippen LogP contribution in [0, 0.1) is 6.92 Å². The number of hydrogen-bond donors (Lipinski definition) is 3. The van der Waals surface area contributed by atoms with Crippen molar-refractivity contribution in [1.29, 1.82) is 0 Å². The van der Waals surface area contributed by atoms with Gasteiger partial charge < -0.3 is 20.5 Å². The van der Waals surface area contributed by atoms with E-state index in [-0.39, 0.29) is 38.1 Å². The van der Waals surface area contributed by atoms with Gasteiger partial charge in [0.2, 0.25) is 0 Å². The standard InChI is InChI=1S/C29H30Cl2N4O4S/c1-18-14-22(28(36)32-10-5-13-35-11-2-3-12-35)27(33-18)16-21-20-15-19(8-9-26(20)34-29(21)37)40(38,39)17-23-24(30)6-4-7-25(23)31/h4,6-9,14-16,33H,2-3,5,10-13,17H2,1H3,(H,32,36)(H,34,37). The molecule has 1 fully saturated rings. The molecule has 1 saturated heterocycles. The zero-order valence-corrected chi connectivity index (χ0v) is 24.3. The maximum atomic E-state index is 13.3. The Labute approximate surface area is 243 Å². The molecule has 1 aromatic heterocycles. The predicted octanol–water partition coefficient (Wildman–Crippen LogP) is 5.31. The van der Waals surface area contributed by atoms with E-state index in [2.05, 4.69) is 20.5 Å². The third-order valence-electron chi connectivity index (χ3n) is 7.18. The van der Waals surface area contributed by atoms with Gasteiger partial charge in [-0.2, -0.15) is 0 Å². The molecule has 3 N–H and O–H groups in total. The van der Waals surface area contributed by atoms with Crippen LogP contribution in [0.4, 0.5) is 5.69 Å². The summed E-state index contributed by atoms with van der Waals surface area (Å²) in [4.78, 5) is 31.5. The van der Waals surface area contributed by atoms with Crippen LogP contribution in [0.3, 0.4) is 0 Å². The monoisotopic (exact) mass is 600 g/mol. The lowest BCUT2D eigenvalue weighted by Crippen LogP contribution is -2.28. The number of carbonyl (C=O) groups excluding carboxylic acids is 2. The van der Waals surface area contributed by atoms with Gasteiger partial charge >= 0.3 is 0 Å². The number of aryl methyl sites for hydroxylation is 1. The number of aromatic nitrogens is 1. The van der Waals surface area contributed by atoms with Crippen LogP contribution >= 0.6 is 23.2 Å². The van der Waals surface area contributed by atoms with Gasteiger partial charge in [0, 0.05) is 39.1 Å². The third-order valence-corrected chi connectivity index (χ3v) is 9.53. The molecule has 0 radical (unpaired) electrons. The molecule has 3 aromatic rings. The summed E-state index contributed by atoms with van der Waals surface area (Å²) in [5, 5.41) is 6.28. The Hall–Kier alpha value is -3.11. The van der Waals surface area contributed by atoms with Crippen LogP contribution in [0.2, 0.25) is 10.0 Å². The van der Waals surface area contributed by atoms with Crippen molar-refractivity contribution in [3.05, 3.63) is 80.6 Å². The molecule has 0 bridgehead atoms. The number of H-pyrrole nitrogens is 1. The molecule has 0 spiro atoms. The molecule has 0 saturated carbocycles. The number of anilines is 1. The van der Waals surface area contributed by atoms with Crippen LogP contribution in [0.1, 0.15) is 52.1 Å². The van der Waals surface area contributed by atoms with E-state index in [4.69, 9.17) is 23.2 Å². The lowest BCUT2D eigenvalue weighted by atomic mass is 10.0. The number of halogens is 2. The van der Waals surface area contributed by atoms with Crippen LogP contribution in [0.5, 0.6) is 0 Å². The predicted molar refractivity (Wildman–Crippen MR) is 158 cm³/mol. The van der Waals surface area contributed by atoms with E-state index < -0.39 is 9.84 Å². The number of likely N-dealkylation sites (tertiary alicyclic amines) is 1. The lowest BCUT2D eigenvalue weighted by molar-refractivity contribution is -0.110. The molecule has 2 aliphatic heterocycles. The second kappa shape index (κ2) is 11.8. The Balaban J connectivity index is 1.38. The number of nitrogens with zero attached hydrogens (tertiary/aromatic N) is 1. The molecule has 8 nitrogen and oxygen atoms in total. The quantitative estimate of drug-likeness (QED) is 0.227. The molecule has 0 atom stereocenters. The number of carbonyl (C=O) groups is 2. The van der Waals surface area contributed by atoms with E-state index in [9.17, 15) is 18.0 Å². The van der Waals surface area contributed by atoms with Crippen LogP contribution in [0.15, 0.2) is 47.4 Å². The van der Waals surface area contributed by atoms with Crippen molar-refractivity contribution in [2.24, 2.45) is 0 Å². The number of rotatable bonds is 9. The van der Waals surface area contributed by atoms with E-state index in [1.54, 1.807) is 36.4 Å². The molecule has 0 unspecified atom stereocenters. The average molecular weight is 602 g/mol. The topological polar surface area (TPSA) is 111 Å². The number of sulfone groups is 1. The highest BCUT2D eigenvalue weighted by Crippen LogP contribution is 2.36. The first kappa shape index (κ1) is 28.4. The number of fused-ring (bicyclic) bond motifs is 1. The molecule has 3 heterocycles. The highest BCUT2D eigenvalue weighted by molar-refractivity contribution is 7.90. The minimum absolute atomic E-state index is 0.0308.